The average molecular weight is 460 g/mol. The van der Waals surface area contributed by atoms with Gasteiger partial charge in [-0.15, -0.1) is 24.0 Å². The van der Waals surface area contributed by atoms with E-state index in [9.17, 15) is 8.42 Å². The zero-order valence-corrected chi connectivity index (χ0v) is 16.9. The van der Waals surface area contributed by atoms with Crippen molar-refractivity contribution in [1.82, 2.24) is 15.4 Å². The monoisotopic (exact) mass is 460 g/mol. The molecule has 1 heterocycles. The van der Waals surface area contributed by atoms with E-state index in [1.165, 1.54) is 0 Å². The lowest BCUT2D eigenvalue weighted by Crippen LogP contribution is -2.39. The van der Waals surface area contributed by atoms with Crippen LogP contribution in [0.4, 0.5) is 0 Å². The summed E-state index contributed by atoms with van der Waals surface area (Å²) in [7, 11) is -3.30. The van der Waals surface area contributed by atoms with Crippen molar-refractivity contribution < 1.29 is 13.2 Å². The highest BCUT2D eigenvalue weighted by Crippen LogP contribution is 2.18. The van der Waals surface area contributed by atoms with E-state index in [4.69, 9.17) is 4.74 Å². The predicted molar refractivity (Wildman–Crippen MR) is 103 cm³/mol. The van der Waals surface area contributed by atoms with Crippen LogP contribution < -0.4 is 15.4 Å². The molecule has 2 fully saturated rings. The number of ether oxygens (including phenoxy) is 1. The number of sulfonamides is 1. The second-order valence-electron chi connectivity index (χ2n) is 5.84. The summed E-state index contributed by atoms with van der Waals surface area (Å²) in [5.74, 6) is 0.705. The first-order valence-electron chi connectivity index (χ1n) is 8.23. The van der Waals surface area contributed by atoms with Crippen LogP contribution in [0.25, 0.3) is 0 Å². The third-order valence-corrected chi connectivity index (χ3v) is 5.02. The van der Waals surface area contributed by atoms with Crippen molar-refractivity contribution in [3.8, 4) is 0 Å². The maximum absolute atomic E-state index is 12.0. The Morgan fingerprint density at radius 2 is 2.04 bits per heavy atom. The van der Waals surface area contributed by atoms with E-state index in [1.807, 2.05) is 6.92 Å². The second-order valence-corrected chi connectivity index (χ2v) is 7.76. The summed E-state index contributed by atoms with van der Waals surface area (Å²) in [6, 6.07) is 0.496. The Kier molecular flexibility index (Phi) is 9.71. The van der Waals surface area contributed by atoms with Crippen molar-refractivity contribution in [2.45, 2.75) is 51.2 Å². The molecule has 136 valence electrons. The van der Waals surface area contributed by atoms with Gasteiger partial charge in [-0.25, -0.2) is 13.1 Å². The van der Waals surface area contributed by atoms with Gasteiger partial charge in [-0.3, -0.25) is 4.99 Å². The molecule has 0 aromatic rings. The van der Waals surface area contributed by atoms with Crippen LogP contribution in [0.5, 0.6) is 0 Å². The molecule has 23 heavy (non-hydrogen) atoms. The second kappa shape index (κ2) is 10.7. The molecule has 0 amide bonds. The van der Waals surface area contributed by atoms with E-state index in [0.717, 1.165) is 45.3 Å². The van der Waals surface area contributed by atoms with Crippen LogP contribution in [-0.4, -0.2) is 58.5 Å². The number of halogens is 1. The summed E-state index contributed by atoms with van der Waals surface area (Å²) in [5.41, 5.74) is 0. The third-order valence-electron chi connectivity index (χ3n) is 3.70. The summed E-state index contributed by atoms with van der Waals surface area (Å²) >= 11 is 0. The van der Waals surface area contributed by atoms with Crippen LogP contribution in [0, 0.1) is 0 Å². The van der Waals surface area contributed by atoms with Crippen LogP contribution in [0.3, 0.4) is 0 Å². The fourth-order valence-electron chi connectivity index (χ4n) is 2.28. The van der Waals surface area contributed by atoms with Gasteiger partial charge in [-0.1, -0.05) is 0 Å². The Hall–Kier alpha value is -0.130. The summed E-state index contributed by atoms with van der Waals surface area (Å²) < 4.78 is 32.1. The van der Waals surface area contributed by atoms with Gasteiger partial charge in [-0.05, 0) is 39.0 Å². The van der Waals surface area contributed by atoms with Crippen molar-refractivity contribution in [3.63, 3.8) is 0 Å². The number of aliphatic imine (C=N–C) groups is 1. The van der Waals surface area contributed by atoms with Crippen molar-refractivity contribution in [2.75, 3.05) is 32.0 Å². The summed E-state index contributed by atoms with van der Waals surface area (Å²) in [6.07, 6.45) is 5.43. The quantitative estimate of drug-likeness (QED) is 0.283. The summed E-state index contributed by atoms with van der Waals surface area (Å²) in [4.78, 5) is 4.32. The normalized spacial score (nSPS) is 22.3. The fourth-order valence-corrected chi connectivity index (χ4v) is 3.19. The lowest BCUT2D eigenvalue weighted by molar-refractivity contribution is 0.0200. The number of rotatable bonds is 8. The standard InChI is InChI=1S/C14H28N4O3S.HI/c1-2-15-14(18-12-6-7-12)16-8-10-22(19,20)17-11-13-5-3-4-9-21-13;/h12-13,17H,2-11H2,1H3,(H2,15,16,18);1H. The SMILES string of the molecule is CCNC(=NCCS(=O)(=O)NCC1CCCCO1)NC1CC1.I. The predicted octanol–water partition coefficient (Wildman–Crippen LogP) is 0.810. The van der Waals surface area contributed by atoms with Crippen molar-refractivity contribution in [2.24, 2.45) is 4.99 Å². The van der Waals surface area contributed by atoms with Crippen molar-refractivity contribution in [1.29, 1.82) is 0 Å². The number of hydrogen-bond acceptors (Lipinski definition) is 4. The van der Waals surface area contributed by atoms with Crippen LogP contribution in [0.1, 0.15) is 39.0 Å². The Balaban J connectivity index is 0.00000264. The largest absolute Gasteiger partial charge is 0.377 e. The minimum atomic E-state index is -3.30. The van der Waals surface area contributed by atoms with Gasteiger partial charge in [0.15, 0.2) is 5.96 Å². The third kappa shape index (κ3) is 9.06. The van der Waals surface area contributed by atoms with Gasteiger partial charge in [0.1, 0.15) is 0 Å². The van der Waals surface area contributed by atoms with Gasteiger partial charge in [0.2, 0.25) is 10.0 Å². The maximum atomic E-state index is 12.0. The number of hydrogen-bond donors (Lipinski definition) is 3. The first-order chi connectivity index (χ1) is 10.6. The molecule has 3 N–H and O–H groups in total. The van der Waals surface area contributed by atoms with E-state index in [1.54, 1.807) is 0 Å². The van der Waals surface area contributed by atoms with Gasteiger partial charge in [0.25, 0.3) is 0 Å². The van der Waals surface area contributed by atoms with Crippen LogP contribution in [0.15, 0.2) is 4.99 Å². The van der Waals surface area contributed by atoms with Gasteiger partial charge >= 0.3 is 0 Å². The van der Waals surface area contributed by atoms with E-state index in [-0.39, 0.29) is 42.4 Å². The smallest absolute Gasteiger partial charge is 0.213 e. The molecule has 1 aliphatic heterocycles. The molecule has 1 unspecified atom stereocenters. The lowest BCUT2D eigenvalue weighted by atomic mass is 10.1. The first kappa shape index (κ1) is 20.9. The molecule has 1 saturated heterocycles. The van der Waals surface area contributed by atoms with E-state index in [0.29, 0.717) is 18.5 Å². The first-order valence-corrected chi connectivity index (χ1v) is 9.88. The number of nitrogens with zero attached hydrogens (tertiary/aromatic N) is 1. The highest BCUT2D eigenvalue weighted by atomic mass is 127. The number of nitrogens with one attached hydrogen (secondary N) is 3. The molecular formula is C14H29IN4O3S. The molecule has 0 aromatic heterocycles. The highest BCUT2D eigenvalue weighted by Gasteiger charge is 2.22. The molecule has 1 saturated carbocycles. The molecule has 1 atom stereocenters. The van der Waals surface area contributed by atoms with Crippen LogP contribution >= 0.6 is 24.0 Å². The molecule has 0 radical (unpaired) electrons. The molecule has 7 nitrogen and oxygen atoms in total. The topological polar surface area (TPSA) is 91.8 Å². The van der Waals surface area contributed by atoms with Gasteiger partial charge in [-0.2, -0.15) is 0 Å². The molecular weight excluding hydrogens is 431 g/mol. The van der Waals surface area contributed by atoms with Crippen molar-refractivity contribution in [3.05, 3.63) is 0 Å². The van der Waals surface area contributed by atoms with Gasteiger partial charge in [0, 0.05) is 25.7 Å². The molecule has 2 rings (SSSR count). The van der Waals surface area contributed by atoms with E-state index < -0.39 is 10.0 Å². The van der Waals surface area contributed by atoms with Gasteiger partial charge < -0.3 is 15.4 Å². The Bertz CT molecular complexity index is 463. The van der Waals surface area contributed by atoms with Gasteiger partial charge in [0.05, 0.1) is 18.4 Å². The Morgan fingerprint density at radius 1 is 1.26 bits per heavy atom. The minimum Gasteiger partial charge on any atom is -0.377 e. The maximum Gasteiger partial charge on any atom is 0.213 e. The fraction of sp³-hybridized carbons (Fsp3) is 0.929. The van der Waals surface area contributed by atoms with Crippen LogP contribution in [-0.2, 0) is 14.8 Å². The average Bonchev–Trinajstić information content (AvgIpc) is 3.30. The van der Waals surface area contributed by atoms with Crippen molar-refractivity contribution >= 4 is 40.0 Å². The van der Waals surface area contributed by atoms with E-state index >= 15 is 0 Å². The molecule has 0 aromatic carbocycles. The zero-order valence-electron chi connectivity index (χ0n) is 13.7. The summed E-state index contributed by atoms with van der Waals surface area (Å²) in [5, 5.41) is 6.39. The van der Waals surface area contributed by atoms with E-state index in [2.05, 4.69) is 20.3 Å². The lowest BCUT2D eigenvalue weighted by Gasteiger charge is -2.22. The Labute approximate surface area is 156 Å². The summed E-state index contributed by atoms with van der Waals surface area (Å²) in [6.45, 7) is 4.11. The highest BCUT2D eigenvalue weighted by molar-refractivity contribution is 14.0. The van der Waals surface area contributed by atoms with Crippen LogP contribution in [0.2, 0.25) is 0 Å². The molecule has 0 spiro atoms. The Morgan fingerprint density at radius 3 is 2.65 bits per heavy atom. The molecule has 9 heteroatoms. The number of guanidine groups is 1. The molecule has 1 aliphatic carbocycles. The molecule has 0 bridgehead atoms. The zero-order chi connectivity index (χ0) is 15.8. The molecule has 2 aliphatic rings. The minimum absolute atomic E-state index is 0.